The van der Waals surface area contributed by atoms with Crippen molar-refractivity contribution >= 4 is 18.0 Å². The van der Waals surface area contributed by atoms with Crippen LogP contribution in [0.3, 0.4) is 0 Å². The molecular weight excluding hydrogens is 120 g/mol. The zero-order valence-corrected chi connectivity index (χ0v) is 6.04. The van der Waals surface area contributed by atoms with Crippen molar-refractivity contribution in [2.45, 2.75) is 19.8 Å². The lowest BCUT2D eigenvalue weighted by molar-refractivity contribution is -0.105. The third kappa shape index (κ3) is 6.02. The molecule has 0 aliphatic carbocycles. The highest BCUT2D eigenvalue weighted by atomic mass is 32.2. The molecule has 0 saturated carbocycles. The van der Waals surface area contributed by atoms with Crippen molar-refractivity contribution in [1.29, 1.82) is 0 Å². The van der Waals surface area contributed by atoms with Crippen LogP contribution in [0.5, 0.6) is 0 Å². The van der Waals surface area contributed by atoms with Crippen LogP contribution in [0.15, 0.2) is 0 Å². The van der Waals surface area contributed by atoms with E-state index in [4.69, 9.17) is 0 Å². The first-order valence-corrected chi connectivity index (χ1v) is 4.08. The molecule has 0 saturated heterocycles. The molecule has 1 nitrogen and oxygen atoms in total. The molecule has 0 aromatic rings. The van der Waals surface area contributed by atoms with Gasteiger partial charge < -0.3 is 4.79 Å². The second kappa shape index (κ2) is 7.02. The average molecular weight is 132 g/mol. The van der Waals surface area contributed by atoms with Gasteiger partial charge >= 0.3 is 0 Å². The molecule has 0 radical (unpaired) electrons. The lowest BCUT2D eigenvalue weighted by Crippen LogP contribution is -1.81. The summed E-state index contributed by atoms with van der Waals surface area (Å²) in [6.45, 7) is 2.15. The Labute approximate surface area is 54.8 Å². The molecule has 2 heteroatoms. The van der Waals surface area contributed by atoms with Gasteiger partial charge in [0.1, 0.15) is 6.29 Å². The highest BCUT2D eigenvalue weighted by molar-refractivity contribution is 7.99. The topological polar surface area (TPSA) is 17.1 Å². The first-order valence-electron chi connectivity index (χ1n) is 2.93. The Morgan fingerprint density at radius 1 is 1.62 bits per heavy atom. The molecule has 48 valence electrons. The second-order valence-electron chi connectivity index (χ2n) is 1.60. The predicted octanol–water partition coefficient (Wildman–Crippen LogP) is 1.72. The summed E-state index contributed by atoms with van der Waals surface area (Å²) >= 11 is 1.71. The average Bonchev–Trinajstić information content (AvgIpc) is 1.81. The van der Waals surface area contributed by atoms with Crippen molar-refractivity contribution in [1.82, 2.24) is 0 Å². The second-order valence-corrected chi connectivity index (χ2v) is 2.74. The van der Waals surface area contributed by atoms with Gasteiger partial charge in [0.05, 0.1) is 0 Å². The van der Waals surface area contributed by atoms with Gasteiger partial charge in [-0.25, -0.2) is 0 Å². The zero-order valence-electron chi connectivity index (χ0n) is 5.22. The molecule has 0 atom stereocenters. The summed E-state index contributed by atoms with van der Waals surface area (Å²) in [5.74, 6) is 1.80. The number of aldehydes is 1. The summed E-state index contributed by atoms with van der Waals surface area (Å²) in [5, 5.41) is 0. The summed E-state index contributed by atoms with van der Waals surface area (Å²) in [7, 11) is 0. The van der Waals surface area contributed by atoms with Gasteiger partial charge in [0.15, 0.2) is 0 Å². The number of carbonyl (C=O) groups is 1. The van der Waals surface area contributed by atoms with Gasteiger partial charge in [0.25, 0.3) is 0 Å². The minimum atomic E-state index is 0.667. The van der Waals surface area contributed by atoms with Crippen molar-refractivity contribution in [3.8, 4) is 0 Å². The predicted molar refractivity (Wildman–Crippen MR) is 38.3 cm³/mol. The maximum Gasteiger partial charge on any atom is 0.129 e. The van der Waals surface area contributed by atoms with Crippen LogP contribution in [0.25, 0.3) is 0 Å². The molecule has 0 aliphatic rings. The molecule has 0 aromatic heterocycles. The van der Waals surface area contributed by atoms with E-state index < -0.39 is 0 Å². The third-order valence-corrected chi connectivity index (χ3v) is 1.78. The molecule has 0 unspecified atom stereocenters. The number of carbonyl (C=O) groups excluding carboxylic acids is 1. The van der Waals surface area contributed by atoms with Gasteiger partial charge in [0.2, 0.25) is 0 Å². The normalized spacial score (nSPS) is 9.12. The summed E-state index contributed by atoms with van der Waals surface area (Å²) in [5.41, 5.74) is 0. The van der Waals surface area contributed by atoms with Crippen LogP contribution in [0, 0.1) is 0 Å². The van der Waals surface area contributed by atoms with E-state index in [1.54, 1.807) is 11.8 Å². The van der Waals surface area contributed by atoms with Crippen LogP contribution in [0.1, 0.15) is 19.8 Å². The zero-order chi connectivity index (χ0) is 6.24. The van der Waals surface area contributed by atoms with E-state index in [0.717, 1.165) is 12.0 Å². The van der Waals surface area contributed by atoms with Crippen LogP contribution < -0.4 is 0 Å². The lowest BCUT2D eigenvalue weighted by atomic mass is 10.4. The number of hydrogen-bond acceptors (Lipinski definition) is 2. The summed E-state index contributed by atoms with van der Waals surface area (Å²) in [6, 6.07) is 0. The smallest absolute Gasteiger partial charge is 0.129 e. The van der Waals surface area contributed by atoms with Crippen LogP contribution in [0.4, 0.5) is 0 Å². The van der Waals surface area contributed by atoms with Gasteiger partial charge in [-0.3, -0.25) is 0 Å². The molecule has 0 heterocycles. The van der Waals surface area contributed by atoms with Crippen molar-refractivity contribution < 1.29 is 4.79 Å². The minimum Gasteiger partial charge on any atom is -0.302 e. The van der Waals surface area contributed by atoms with Gasteiger partial charge in [-0.1, -0.05) is 13.3 Å². The van der Waals surface area contributed by atoms with E-state index in [2.05, 4.69) is 6.92 Å². The molecule has 0 aromatic carbocycles. The van der Waals surface area contributed by atoms with E-state index in [0.29, 0.717) is 5.75 Å². The fraction of sp³-hybridized carbons (Fsp3) is 0.833. The van der Waals surface area contributed by atoms with E-state index in [1.807, 2.05) is 0 Å². The Bertz CT molecular complexity index is 54.5. The third-order valence-electron chi connectivity index (χ3n) is 0.828. The van der Waals surface area contributed by atoms with E-state index in [-0.39, 0.29) is 0 Å². The van der Waals surface area contributed by atoms with Crippen molar-refractivity contribution in [2.75, 3.05) is 11.5 Å². The quantitative estimate of drug-likeness (QED) is 0.418. The van der Waals surface area contributed by atoms with Crippen molar-refractivity contribution in [3.05, 3.63) is 0 Å². The number of thioether (sulfide) groups is 1. The first kappa shape index (κ1) is 8.02. The number of rotatable bonds is 5. The van der Waals surface area contributed by atoms with Crippen molar-refractivity contribution in [3.63, 3.8) is 0 Å². The molecule has 0 fully saturated rings. The molecule has 0 amide bonds. The standard InChI is InChI=1S/C6H12OS/c1-2-3-5-8-6-4-7/h4H,2-3,5-6H2,1H3. The molecular formula is C6H12OS. The SMILES string of the molecule is CCCCSCC=O. The number of unbranched alkanes of at least 4 members (excludes halogenated alkanes) is 1. The molecule has 0 N–H and O–H groups in total. The Morgan fingerprint density at radius 2 is 2.38 bits per heavy atom. The number of hydrogen-bond donors (Lipinski definition) is 0. The Balaban J connectivity index is 2.62. The molecule has 0 rings (SSSR count). The minimum absolute atomic E-state index is 0.667. The van der Waals surface area contributed by atoms with E-state index in [1.165, 1.54) is 12.8 Å². The highest BCUT2D eigenvalue weighted by Crippen LogP contribution is 2.01. The first-order chi connectivity index (χ1) is 3.91. The maximum atomic E-state index is 9.75. The van der Waals surface area contributed by atoms with Crippen molar-refractivity contribution in [2.24, 2.45) is 0 Å². The highest BCUT2D eigenvalue weighted by Gasteiger charge is 1.83. The van der Waals surface area contributed by atoms with Gasteiger partial charge in [-0.15, -0.1) is 0 Å². The Kier molecular flexibility index (Phi) is 7.04. The summed E-state index contributed by atoms with van der Waals surface area (Å²) < 4.78 is 0. The fourth-order valence-electron chi connectivity index (χ4n) is 0.378. The monoisotopic (exact) mass is 132 g/mol. The van der Waals surface area contributed by atoms with Gasteiger partial charge in [-0.2, -0.15) is 11.8 Å². The Morgan fingerprint density at radius 3 is 2.88 bits per heavy atom. The molecule has 8 heavy (non-hydrogen) atoms. The summed E-state index contributed by atoms with van der Waals surface area (Å²) in [6.07, 6.45) is 3.42. The van der Waals surface area contributed by atoms with Crippen LogP contribution >= 0.6 is 11.8 Å². The lowest BCUT2D eigenvalue weighted by Gasteiger charge is -1.90. The van der Waals surface area contributed by atoms with E-state index >= 15 is 0 Å². The Hall–Kier alpha value is 0.0200. The van der Waals surface area contributed by atoms with Gasteiger partial charge in [0, 0.05) is 5.75 Å². The summed E-state index contributed by atoms with van der Waals surface area (Å²) in [4.78, 5) is 9.75. The molecule has 0 spiro atoms. The molecule has 0 bridgehead atoms. The van der Waals surface area contributed by atoms with Gasteiger partial charge in [-0.05, 0) is 12.2 Å². The fourth-order valence-corrected chi connectivity index (χ4v) is 1.13. The van der Waals surface area contributed by atoms with Crippen LogP contribution in [0.2, 0.25) is 0 Å². The van der Waals surface area contributed by atoms with Crippen LogP contribution in [-0.2, 0) is 4.79 Å². The van der Waals surface area contributed by atoms with Crippen LogP contribution in [-0.4, -0.2) is 17.8 Å². The van der Waals surface area contributed by atoms with E-state index in [9.17, 15) is 4.79 Å². The largest absolute Gasteiger partial charge is 0.302 e. The maximum absolute atomic E-state index is 9.75. The molecule has 0 aliphatic heterocycles.